The van der Waals surface area contributed by atoms with E-state index in [1.807, 2.05) is 24.3 Å². The number of benzene rings is 11. The molecule has 13 aromatic rings. The molecule has 1 aliphatic carbocycles. The van der Waals surface area contributed by atoms with E-state index in [0.717, 1.165) is 94.3 Å². The SMILES string of the molecule is c1ccc(C2(c3ccccc3)c3ccccc3-c3cc(N(c4ccc(-c5cccc(-c6cccc7c6oc6ccccc67)c5)cc4)c4ccc(-c5ccc6oc7ccccc7c6c5)cc4)ccc32)cc1. The van der Waals surface area contributed by atoms with Gasteiger partial charge in [0.15, 0.2) is 0 Å². The van der Waals surface area contributed by atoms with Crippen molar-refractivity contribution in [2.75, 3.05) is 4.90 Å². The van der Waals surface area contributed by atoms with E-state index in [1.54, 1.807) is 0 Å². The van der Waals surface area contributed by atoms with Crippen LogP contribution in [0.15, 0.2) is 270 Å². The molecule has 0 amide bonds. The van der Waals surface area contributed by atoms with Crippen molar-refractivity contribution in [1.82, 2.24) is 0 Å². The molecular formula is C67H43NO2. The second kappa shape index (κ2) is 16.0. The topological polar surface area (TPSA) is 29.5 Å². The monoisotopic (exact) mass is 893 g/mol. The van der Waals surface area contributed by atoms with Crippen molar-refractivity contribution in [3.63, 3.8) is 0 Å². The maximum absolute atomic E-state index is 6.47. The summed E-state index contributed by atoms with van der Waals surface area (Å²) in [5.74, 6) is 0. The van der Waals surface area contributed by atoms with Crippen LogP contribution in [0.4, 0.5) is 17.1 Å². The van der Waals surface area contributed by atoms with Gasteiger partial charge in [0.25, 0.3) is 0 Å². The molecule has 0 spiro atoms. The molecule has 0 fully saturated rings. The summed E-state index contributed by atoms with van der Waals surface area (Å²) in [6.45, 7) is 0. The van der Waals surface area contributed by atoms with Crippen molar-refractivity contribution in [1.29, 1.82) is 0 Å². The fourth-order valence-electron chi connectivity index (χ4n) is 11.4. The van der Waals surface area contributed by atoms with Crippen molar-refractivity contribution in [2.45, 2.75) is 5.41 Å². The van der Waals surface area contributed by atoms with Gasteiger partial charge in [-0.3, -0.25) is 0 Å². The molecular weight excluding hydrogens is 851 g/mol. The summed E-state index contributed by atoms with van der Waals surface area (Å²) in [7, 11) is 0. The van der Waals surface area contributed by atoms with Crippen LogP contribution in [-0.4, -0.2) is 0 Å². The van der Waals surface area contributed by atoms with Crippen LogP contribution in [0.5, 0.6) is 0 Å². The summed E-state index contributed by atoms with van der Waals surface area (Å²) in [5, 5.41) is 4.51. The lowest BCUT2D eigenvalue weighted by atomic mass is 9.68. The molecule has 0 unspecified atom stereocenters. The molecule has 0 aliphatic heterocycles. The number of hydrogen-bond acceptors (Lipinski definition) is 3. The minimum Gasteiger partial charge on any atom is -0.456 e. The number of rotatable bonds is 8. The second-order valence-electron chi connectivity index (χ2n) is 18.4. The first kappa shape index (κ1) is 39.9. The van der Waals surface area contributed by atoms with Crippen LogP contribution < -0.4 is 4.90 Å². The van der Waals surface area contributed by atoms with E-state index in [1.165, 1.54) is 33.4 Å². The van der Waals surface area contributed by atoms with Gasteiger partial charge in [-0.05, 0) is 128 Å². The minimum atomic E-state index is -0.479. The van der Waals surface area contributed by atoms with E-state index in [-0.39, 0.29) is 0 Å². The fraction of sp³-hybridized carbons (Fsp3) is 0.0149. The molecule has 3 nitrogen and oxygen atoms in total. The standard InChI is InChI=1S/C67H43NO2/c1-3-17-49(18-4-1)67(50-19-5-2-6-20-50)61-26-10-7-21-55(61)59-43-53(38-39-62(59)67)68(52-36-31-45(32-37-52)47-33-40-65-60(42-47)57-23-9-11-27-63(57)69-65)51-34-29-44(30-35-51)46-15-13-16-48(41-46)54-24-14-25-58-56-22-8-12-28-64(56)70-66(54)58/h1-43H. The van der Waals surface area contributed by atoms with Gasteiger partial charge in [0, 0.05) is 44.2 Å². The molecule has 11 aromatic carbocycles. The van der Waals surface area contributed by atoms with Gasteiger partial charge in [0.05, 0.1) is 5.41 Å². The molecule has 0 radical (unpaired) electrons. The number of fused-ring (bicyclic) bond motifs is 9. The molecule has 3 heteroatoms. The average Bonchev–Trinajstić information content (AvgIpc) is 4.10. The van der Waals surface area contributed by atoms with Gasteiger partial charge >= 0.3 is 0 Å². The van der Waals surface area contributed by atoms with E-state index < -0.39 is 5.41 Å². The maximum atomic E-state index is 6.47. The second-order valence-corrected chi connectivity index (χ2v) is 18.4. The van der Waals surface area contributed by atoms with Gasteiger partial charge in [0.1, 0.15) is 22.3 Å². The summed E-state index contributed by atoms with van der Waals surface area (Å²) in [6.07, 6.45) is 0. The molecule has 0 saturated heterocycles. The number of para-hydroxylation sites is 3. The Morgan fingerprint density at radius 3 is 1.49 bits per heavy atom. The van der Waals surface area contributed by atoms with Crippen LogP contribution in [0.2, 0.25) is 0 Å². The van der Waals surface area contributed by atoms with Crippen molar-refractivity contribution in [3.8, 4) is 44.5 Å². The summed E-state index contributed by atoms with van der Waals surface area (Å²) in [4.78, 5) is 2.40. The summed E-state index contributed by atoms with van der Waals surface area (Å²) >= 11 is 0. The van der Waals surface area contributed by atoms with Gasteiger partial charge in [-0.1, -0.05) is 194 Å². The first-order valence-electron chi connectivity index (χ1n) is 24.0. The predicted octanol–water partition coefficient (Wildman–Crippen LogP) is 18.3. The predicted molar refractivity (Wildman–Crippen MR) is 289 cm³/mol. The highest BCUT2D eigenvalue weighted by Crippen LogP contribution is 2.57. The molecule has 0 saturated carbocycles. The number of anilines is 3. The zero-order chi connectivity index (χ0) is 46.2. The number of nitrogens with zero attached hydrogens (tertiary/aromatic N) is 1. The van der Waals surface area contributed by atoms with Gasteiger partial charge in [0.2, 0.25) is 0 Å². The highest BCUT2D eigenvalue weighted by Gasteiger charge is 2.46. The van der Waals surface area contributed by atoms with Gasteiger partial charge in [-0.2, -0.15) is 0 Å². The van der Waals surface area contributed by atoms with Crippen molar-refractivity contribution in [3.05, 3.63) is 283 Å². The zero-order valence-corrected chi connectivity index (χ0v) is 38.1. The molecule has 70 heavy (non-hydrogen) atoms. The molecule has 0 bridgehead atoms. The number of hydrogen-bond donors (Lipinski definition) is 0. The minimum absolute atomic E-state index is 0.479. The quantitative estimate of drug-likeness (QED) is 0.152. The Hall–Kier alpha value is -9.18. The zero-order valence-electron chi connectivity index (χ0n) is 38.1. The summed E-state index contributed by atoms with van der Waals surface area (Å²) in [6, 6.07) is 94.3. The third-order valence-corrected chi connectivity index (χ3v) is 14.6. The normalized spacial score (nSPS) is 12.7. The van der Waals surface area contributed by atoms with E-state index in [4.69, 9.17) is 8.83 Å². The smallest absolute Gasteiger partial charge is 0.143 e. The largest absolute Gasteiger partial charge is 0.456 e. The van der Waals surface area contributed by atoms with E-state index in [0.29, 0.717) is 0 Å². The van der Waals surface area contributed by atoms with Crippen molar-refractivity contribution >= 4 is 60.9 Å². The molecule has 14 rings (SSSR count). The molecule has 328 valence electrons. The summed E-state index contributed by atoms with van der Waals surface area (Å²) < 4.78 is 12.7. The van der Waals surface area contributed by atoms with Gasteiger partial charge in [-0.25, -0.2) is 0 Å². The third-order valence-electron chi connectivity index (χ3n) is 14.6. The van der Waals surface area contributed by atoms with E-state index >= 15 is 0 Å². The highest BCUT2D eigenvalue weighted by atomic mass is 16.3. The lowest BCUT2D eigenvalue weighted by molar-refractivity contribution is 0.669. The number of furan rings is 2. The van der Waals surface area contributed by atoms with Gasteiger partial charge in [-0.15, -0.1) is 0 Å². The van der Waals surface area contributed by atoms with Crippen LogP contribution in [0.3, 0.4) is 0 Å². The first-order valence-corrected chi connectivity index (χ1v) is 24.0. The van der Waals surface area contributed by atoms with Crippen LogP contribution in [0.1, 0.15) is 22.3 Å². The lowest BCUT2D eigenvalue weighted by Gasteiger charge is -2.34. The van der Waals surface area contributed by atoms with E-state index in [2.05, 4.69) is 241 Å². The molecule has 0 atom stereocenters. The molecule has 2 heterocycles. The Bertz CT molecular complexity index is 4070. The average molecular weight is 894 g/mol. The van der Waals surface area contributed by atoms with E-state index in [9.17, 15) is 0 Å². The van der Waals surface area contributed by atoms with Crippen molar-refractivity contribution < 1.29 is 8.83 Å². The maximum Gasteiger partial charge on any atom is 0.143 e. The Kier molecular flexibility index (Phi) is 9.11. The van der Waals surface area contributed by atoms with Crippen molar-refractivity contribution in [2.24, 2.45) is 0 Å². The Morgan fingerprint density at radius 2 is 0.771 bits per heavy atom. The lowest BCUT2D eigenvalue weighted by Crippen LogP contribution is -2.28. The van der Waals surface area contributed by atoms with Crippen LogP contribution >= 0.6 is 0 Å². The Balaban J connectivity index is 0.895. The highest BCUT2D eigenvalue weighted by molar-refractivity contribution is 6.10. The van der Waals surface area contributed by atoms with Crippen LogP contribution in [0, 0.1) is 0 Å². The fourth-order valence-corrected chi connectivity index (χ4v) is 11.4. The third kappa shape index (κ3) is 6.22. The van der Waals surface area contributed by atoms with Gasteiger partial charge < -0.3 is 13.7 Å². The molecule has 0 N–H and O–H groups in total. The van der Waals surface area contributed by atoms with Crippen LogP contribution in [0.25, 0.3) is 88.4 Å². The first-order chi connectivity index (χ1) is 34.7. The summed E-state index contributed by atoms with van der Waals surface area (Å²) in [5.41, 5.74) is 20.7. The van der Waals surface area contributed by atoms with Crippen LogP contribution in [-0.2, 0) is 5.41 Å². The molecule has 1 aliphatic rings. The molecule has 2 aromatic heterocycles. The Morgan fingerprint density at radius 1 is 0.271 bits per heavy atom. The Labute approximate surface area is 405 Å².